The fourth-order valence-corrected chi connectivity index (χ4v) is 3.11. The molecule has 2 aromatic heterocycles. The highest BCUT2D eigenvalue weighted by Gasteiger charge is 2.29. The molecule has 1 aliphatic rings. The predicted octanol–water partition coefficient (Wildman–Crippen LogP) is 4.38. The summed E-state index contributed by atoms with van der Waals surface area (Å²) in [6.07, 6.45) is 2.18. The third kappa shape index (κ3) is 2.82. The molecule has 1 aliphatic carbocycles. The molecule has 0 unspecified atom stereocenters. The van der Waals surface area contributed by atoms with Gasteiger partial charge in [0.25, 0.3) is 11.8 Å². The van der Waals surface area contributed by atoms with Crippen molar-refractivity contribution in [3.63, 3.8) is 0 Å². The molecule has 1 fully saturated rings. The molecule has 3 aromatic rings. The minimum Gasteiger partial charge on any atom is -0.333 e. The number of thiophene rings is 1. The van der Waals surface area contributed by atoms with Crippen LogP contribution >= 0.6 is 11.3 Å². The summed E-state index contributed by atoms with van der Waals surface area (Å²) >= 11 is 1.41. The number of anilines is 1. The summed E-state index contributed by atoms with van der Waals surface area (Å²) in [7, 11) is 0. The quantitative estimate of drug-likeness (QED) is 0.763. The van der Waals surface area contributed by atoms with Crippen LogP contribution < -0.4 is 5.32 Å². The lowest BCUT2D eigenvalue weighted by Gasteiger charge is -2.05. The zero-order valence-corrected chi connectivity index (χ0v) is 13.7. The number of aromatic nitrogens is 2. The molecule has 7 heteroatoms. The third-order valence-electron chi connectivity index (χ3n) is 3.93. The predicted molar refractivity (Wildman–Crippen MR) is 88.7 cm³/mol. The molecule has 1 saturated carbocycles. The summed E-state index contributed by atoms with van der Waals surface area (Å²) in [4.78, 5) is 17.4. The van der Waals surface area contributed by atoms with Gasteiger partial charge in [0.2, 0.25) is 0 Å². The summed E-state index contributed by atoms with van der Waals surface area (Å²) in [5, 5.41) is 8.61. The number of hydrogen-bond donors (Lipinski definition) is 1. The Hall–Kier alpha value is -2.54. The van der Waals surface area contributed by atoms with Gasteiger partial charge < -0.3 is 9.84 Å². The fourth-order valence-electron chi connectivity index (χ4n) is 2.34. The molecule has 4 rings (SSSR count). The van der Waals surface area contributed by atoms with Crippen LogP contribution in [0.2, 0.25) is 0 Å². The van der Waals surface area contributed by atoms with Crippen LogP contribution in [-0.4, -0.2) is 16.0 Å². The molecule has 0 aliphatic heterocycles. The van der Waals surface area contributed by atoms with Gasteiger partial charge in [0.15, 0.2) is 5.82 Å². The molecule has 1 amide bonds. The number of benzene rings is 1. The van der Waals surface area contributed by atoms with Crippen molar-refractivity contribution >= 4 is 22.9 Å². The molecule has 1 N–H and O–H groups in total. The summed E-state index contributed by atoms with van der Waals surface area (Å²) in [5.41, 5.74) is 1.35. The summed E-state index contributed by atoms with van der Waals surface area (Å²) < 4.78 is 18.9. The second-order valence-corrected chi connectivity index (χ2v) is 6.73. The Morgan fingerprint density at radius 1 is 1.38 bits per heavy atom. The Bertz CT molecular complexity index is 914. The first-order valence-electron chi connectivity index (χ1n) is 7.61. The van der Waals surface area contributed by atoms with Gasteiger partial charge in [-0.15, -0.1) is 11.3 Å². The summed E-state index contributed by atoms with van der Waals surface area (Å²) in [6.45, 7) is 1.65. The van der Waals surface area contributed by atoms with Crippen LogP contribution in [0.1, 0.15) is 40.5 Å². The Morgan fingerprint density at radius 3 is 2.96 bits per heavy atom. The van der Waals surface area contributed by atoms with Crippen molar-refractivity contribution in [1.29, 1.82) is 0 Å². The molecule has 1 aromatic carbocycles. The average molecular weight is 343 g/mol. The maximum absolute atomic E-state index is 13.6. The molecule has 2 heterocycles. The smallest absolute Gasteiger partial charge is 0.270 e. The Balaban J connectivity index is 1.57. The van der Waals surface area contributed by atoms with Crippen molar-refractivity contribution in [3.05, 3.63) is 52.4 Å². The molecular formula is C17H14FN3O2S. The van der Waals surface area contributed by atoms with Crippen molar-refractivity contribution < 1.29 is 13.7 Å². The first kappa shape index (κ1) is 15.0. The Kier molecular flexibility index (Phi) is 3.65. The van der Waals surface area contributed by atoms with E-state index >= 15 is 0 Å². The lowest BCUT2D eigenvalue weighted by molar-refractivity contribution is 0.102. The van der Waals surface area contributed by atoms with E-state index in [4.69, 9.17) is 4.52 Å². The number of aryl methyl sites for hydroxylation is 1. The molecule has 122 valence electrons. The first-order valence-corrected chi connectivity index (χ1v) is 8.49. The number of carbonyl (C=O) groups is 1. The molecule has 0 saturated heterocycles. The van der Waals surface area contributed by atoms with Crippen LogP contribution in [-0.2, 0) is 0 Å². The maximum atomic E-state index is 13.6. The highest BCUT2D eigenvalue weighted by molar-refractivity contribution is 7.14. The van der Waals surface area contributed by atoms with E-state index in [1.807, 2.05) is 5.38 Å². The second-order valence-electron chi connectivity index (χ2n) is 5.81. The van der Waals surface area contributed by atoms with E-state index in [-0.39, 0.29) is 11.5 Å². The fraction of sp³-hybridized carbons (Fsp3) is 0.235. The van der Waals surface area contributed by atoms with Crippen molar-refractivity contribution in [2.24, 2.45) is 0 Å². The van der Waals surface area contributed by atoms with Crippen molar-refractivity contribution in [1.82, 2.24) is 10.1 Å². The molecule has 0 spiro atoms. The second kappa shape index (κ2) is 5.83. The minimum absolute atomic E-state index is 0.263. The van der Waals surface area contributed by atoms with Gasteiger partial charge in [0, 0.05) is 11.5 Å². The molecular weight excluding hydrogens is 329 g/mol. The lowest BCUT2D eigenvalue weighted by Crippen LogP contribution is -2.12. The zero-order chi connectivity index (χ0) is 16.7. The van der Waals surface area contributed by atoms with Crippen molar-refractivity contribution in [2.75, 3.05) is 5.32 Å². The number of halogens is 1. The van der Waals surface area contributed by atoms with Crippen LogP contribution in [0, 0.1) is 12.7 Å². The van der Waals surface area contributed by atoms with Gasteiger partial charge in [-0.2, -0.15) is 4.98 Å². The van der Waals surface area contributed by atoms with Crippen LogP contribution in [0.4, 0.5) is 10.1 Å². The third-order valence-corrected chi connectivity index (χ3v) is 4.83. The monoisotopic (exact) mass is 343 g/mol. The van der Waals surface area contributed by atoms with Crippen molar-refractivity contribution in [2.45, 2.75) is 25.7 Å². The summed E-state index contributed by atoms with van der Waals surface area (Å²) in [6, 6.07) is 6.18. The van der Waals surface area contributed by atoms with Gasteiger partial charge in [-0.1, -0.05) is 11.2 Å². The number of carbonyl (C=O) groups excluding carboxylic acids is 1. The van der Waals surface area contributed by atoms with Gasteiger partial charge in [0.1, 0.15) is 10.7 Å². The molecule has 0 atom stereocenters. The number of amides is 1. The van der Waals surface area contributed by atoms with Crippen LogP contribution in [0.3, 0.4) is 0 Å². The van der Waals surface area contributed by atoms with E-state index in [1.165, 1.54) is 17.4 Å². The van der Waals surface area contributed by atoms with Crippen LogP contribution in [0.5, 0.6) is 0 Å². The van der Waals surface area contributed by atoms with E-state index < -0.39 is 5.82 Å². The first-order chi connectivity index (χ1) is 11.6. The molecule has 0 bridgehead atoms. The van der Waals surface area contributed by atoms with Crippen LogP contribution in [0.25, 0.3) is 10.8 Å². The Labute approximate surface area is 141 Å². The lowest BCUT2D eigenvalue weighted by atomic mass is 10.1. The number of nitrogens with one attached hydrogen (secondary N) is 1. The number of nitrogens with zero attached hydrogens (tertiary/aromatic N) is 2. The van der Waals surface area contributed by atoms with Gasteiger partial charge >= 0.3 is 0 Å². The SMILES string of the molecule is Cc1ccc(C(=O)Nc2ccsc2-c2nc(C3CC3)no2)cc1F. The highest BCUT2D eigenvalue weighted by Crippen LogP contribution is 2.40. The maximum Gasteiger partial charge on any atom is 0.270 e. The van der Waals surface area contributed by atoms with Gasteiger partial charge in [0.05, 0.1) is 5.69 Å². The normalized spacial score (nSPS) is 13.9. The molecule has 5 nitrogen and oxygen atoms in total. The standard InChI is InChI=1S/C17H14FN3O2S/c1-9-2-3-11(8-12(9)18)16(22)19-13-6-7-24-14(13)17-20-15(21-23-17)10-4-5-10/h2-3,6-8,10H,4-5H2,1H3,(H,19,22). The van der Waals surface area contributed by atoms with E-state index in [0.29, 0.717) is 27.9 Å². The van der Waals surface area contributed by atoms with E-state index in [9.17, 15) is 9.18 Å². The largest absolute Gasteiger partial charge is 0.333 e. The average Bonchev–Trinajstić information content (AvgIpc) is 3.12. The van der Waals surface area contributed by atoms with Crippen LogP contribution in [0.15, 0.2) is 34.2 Å². The van der Waals surface area contributed by atoms with Crippen molar-refractivity contribution in [3.8, 4) is 10.8 Å². The number of rotatable bonds is 4. The summed E-state index contributed by atoms with van der Waals surface area (Å²) in [5.74, 6) is 0.735. The zero-order valence-electron chi connectivity index (χ0n) is 12.9. The van der Waals surface area contributed by atoms with Gasteiger partial charge in [-0.3, -0.25) is 4.79 Å². The molecule has 0 radical (unpaired) electrons. The van der Waals surface area contributed by atoms with E-state index in [0.717, 1.165) is 18.7 Å². The minimum atomic E-state index is -0.404. The van der Waals surface area contributed by atoms with E-state index in [1.54, 1.807) is 25.1 Å². The molecule has 24 heavy (non-hydrogen) atoms. The Morgan fingerprint density at radius 2 is 2.21 bits per heavy atom. The van der Waals surface area contributed by atoms with Gasteiger partial charge in [-0.05, 0) is 48.9 Å². The van der Waals surface area contributed by atoms with Gasteiger partial charge in [-0.25, -0.2) is 4.39 Å². The van der Waals surface area contributed by atoms with E-state index in [2.05, 4.69) is 15.5 Å². The topological polar surface area (TPSA) is 68.0 Å². The number of hydrogen-bond acceptors (Lipinski definition) is 5. The highest BCUT2D eigenvalue weighted by atomic mass is 32.1.